The highest BCUT2D eigenvalue weighted by Crippen LogP contribution is 2.27. The molecule has 1 aromatic heterocycles. The normalized spacial score (nSPS) is 10.3. The van der Waals surface area contributed by atoms with E-state index in [1.807, 2.05) is 38.1 Å². The number of carbonyl (C=O) groups excluding carboxylic acids is 1. The van der Waals surface area contributed by atoms with Gasteiger partial charge in [-0.2, -0.15) is 0 Å². The number of thiazole rings is 1. The molecule has 0 unspecified atom stereocenters. The van der Waals surface area contributed by atoms with Gasteiger partial charge in [-0.15, -0.1) is 11.3 Å². The van der Waals surface area contributed by atoms with Crippen molar-refractivity contribution in [2.45, 2.75) is 20.8 Å². The van der Waals surface area contributed by atoms with E-state index >= 15 is 0 Å². The lowest BCUT2D eigenvalue weighted by atomic mass is 10.2. The Morgan fingerprint density at radius 1 is 1.37 bits per heavy atom. The Hall–Kier alpha value is -1.88. The number of carbonyl (C=O) groups is 1. The average molecular weight is 276 g/mol. The zero-order valence-electron chi connectivity index (χ0n) is 11.2. The third kappa shape index (κ3) is 3.12. The summed E-state index contributed by atoms with van der Waals surface area (Å²) in [6, 6.07) is 7.95. The molecule has 19 heavy (non-hydrogen) atoms. The number of aromatic nitrogens is 1. The Kier molecular flexibility index (Phi) is 4.16. The van der Waals surface area contributed by atoms with Crippen LogP contribution in [0.5, 0.6) is 0 Å². The molecule has 2 rings (SSSR count). The third-order valence-electron chi connectivity index (χ3n) is 2.65. The zero-order valence-corrected chi connectivity index (χ0v) is 12.0. The van der Waals surface area contributed by atoms with Gasteiger partial charge >= 0.3 is 5.97 Å². The summed E-state index contributed by atoms with van der Waals surface area (Å²) in [6.07, 6.45) is 0. The molecule has 2 aromatic rings. The molecular formula is C14H16N2O2S. The minimum absolute atomic E-state index is 0.357. The number of nitrogens with one attached hydrogen (secondary N) is 1. The van der Waals surface area contributed by atoms with Crippen molar-refractivity contribution in [1.82, 2.24) is 4.98 Å². The topological polar surface area (TPSA) is 51.2 Å². The Balaban J connectivity index is 2.21. The molecule has 0 fully saturated rings. The van der Waals surface area contributed by atoms with Crippen LogP contribution in [0.2, 0.25) is 0 Å². The Morgan fingerprint density at radius 3 is 2.79 bits per heavy atom. The van der Waals surface area contributed by atoms with Crippen LogP contribution < -0.4 is 5.32 Å². The fourth-order valence-electron chi connectivity index (χ4n) is 1.67. The summed E-state index contributed by atoms with van der Waals surface area (Å²) in [5.41, 5.74) is 2.52. The highest BCUT2D eigenvalue weighted by molar-refractivity contribution is 7.15. The maximum Gasteiger partial charge on any atom is 0.358 e. The second-order valence-electron chi connectivity index (χ2n) is 4.08. The van der Waals surface area contributed by atoms with Crippen molar-refractivity contribution >= 4 is 28.1 Å². The number of hydrogen-bond donors (Lipinski definition) is 1. The SMILES string of the molecule is CCOC(=O)c1nc(Nc2ccccc2C)sc1C. The maximum atomic E-state index is 11.7. The maximum absolute atomic E-state index is 11.7. The van der Waals surface area contributed by atoms with E-state index in [4.69, 9.17) is 4.74 Å². The van der Waals surface area contributed by atoms with Crippen molar-refractivity contribution in [2.75, 3.05) is 11.9 Å². The first kappa shape index (κ1) is 13.5. The number of esters is 1. The summed E-state index contributed by atoms with van der Waals surface area (Å²) in [6.45, 7) is 6.03. The van der Waals surface area contributed by atoms with Gasteiger partial charge in [0.2, 0.25) is 0 Å². The first-order chi connectivity index (χ1) is 9.11. The first-order valence-corrected chi connectivity index (χ1v) is 6.90. The largest absolute Gasteiger partial charge is 0.461 e. The highest BCUT2D eigenvalue weighted by atomic mass is 32.1. The lowest BCUT2D eigenvalue weighted by Crippen LogP contribution is -2.06. The van der Waals surface area contributed by atoms with Crippen LogP contribution in [0, 0.1) is 13.8 Å². The quantitative estimate of drug-likeness (QED) is 0.865. The predicted octanol–water partition coefficient (Wildman–Crippen LogP) is 3.68. The standard InChI is InChI=1S/C14H16N2O2S/c1-4-18-13(17)12-10(3)19-14(16-12)15-11-8-6-5-7-9(11)2/h5-8H,4H2,1-3H3,(H,15,16). The average Bonchev–Trinajstić information content (AvgIpc) is 2.74. The number of benzene rings is 1. The highest BCUT2D eigenvalue weighted by Gasteiger charge is 2.16. The van der Waals surface area contributed by atoms with Crippen molar-refractivity contribution in [3.63, 3.8) is 0 Å². The van der Waals surface area contributed by atoms with Crippen molar-refractivity contribution < 1.29 is 9.53 Å². The van der Waals surface area contributed by atoms with Gasteiger partial charge in [-0.25, -0.2) is 9.78 Å². The van der Waals surface area contributed by atoms with Gasteiger partial charge in [0.05, 0.1) is 6.61 Å². The van der Waals surface area contributed by atoms with E-state index in [0.29, 0.717) is 17.4 Å². The monoisotopic (exact) mass is 276 g/mol. The van der Waals surface area contributed by atoms with Gasteiger partial charge in [0.15, 0.2) is 10.8 Å². The van der Waals surface area contributed by atoms with Crippen LogP contribution in [-0.4, -0.2) is 17.6 Å². The van der Waals surface area contributed by atoms with Crippen LogP contribution in [0.1, 0.15) is 27.9 Å². The molecule has 100 valence electrons. The summed E-state index contributed by atoms with van der Waals surface area (Å²) < 4.78 is 4.97. The molecule has 0 amide bonds. The van der Waals surface area contributed by atoms with Crippen LogP contribution in [0.4, 0.5) is 10.8 Å². The number of para-hydroxylation sites is 1. The van der Waals surface area contributed by atoms with E-state index in [-0.39, 0.29) is 5.97 Å². The molecule has 1 heterocycles. The molecule has 0 bridgehead atoms. The summed E-state index contributed by atoms with van der Waals surface area (Å²) in [7, 11) is 0. The van der Waals surface area contributed by atoms with E-state index in [1.165, 1.54) is 11.3 Å². The minimum atomic E-state index is -0.367. The number of ether oxygens (including phenoxy) is 1. The first-order valence-electron chi connectivity index (χ1n) is 6.09. The Labute approximate surface area is 116 Å². The number of nitrogens with zero attached hydrogens (tertiary/aromatic N) is 1. The van der Waals surface area contributed by atoms with E-state index in [2.05, 4.69) is 10.3 Å². The van der Waals surface area contributed by atoms with Gasteiger partial charge in [0.25, 0.3) is 0 Å². The van der Waals surface area contributed by atoms with E-state index in [1.54, 1.807) is 6.92 Å². The molecule has 1 aromatic carbocycles. The lowest BCUT2D eigenvalue weighted by Gasteiger charge is -2.05. The summed E-state index contributed by atoms with van der Waals surface area (Å²) in [5, 5.41) is 3.93. The van der Waals surface area contributed by atoms with Gasteiger partial charge in [0, 0.05) is 10.6 Å². The molecule has 4 nitrogen and oxygen atoms in total. The molecule has 1 N–H and O–H groups in total. The van der Waals surface area contributed by atoms with E-state index in [9.17, 15) is 4.79 Å². The Bertz CT molecular complexity index is 593. The number of aryl methyl sites for hydroxylation is 2. The zero-order chi connectivity index (χ0) is 13.8. The molecule has 0 saturated heterocycles. The van der Waals surface area contributed by atoms with E-state index in [0.717, 1.165) is 16.1 Å². The minimum Gasteiger partial charge on any atom is -0.461 e. The second-order valence-corrected chi connectivity index (χ2v) is 5.29. The lowest BCUT2D eigenvalue weighted by molar-refractivity contribution is 0.0519. The van der Waals surface area contributed by atoms with Gasteiger partial charge < -0.3 is 10.1 Å². The summed E-state index contributed by atoms with van der Waals surface area (Å²) in [5.74, 6) is -0.367. The molecular weight excluding hydrogens is 260 g/mol. The fraction of sp³-hybridized carbons (Fsp3) is 0.286. The molecule has 0 saturated carbocycles. The van der Waals surface area contributed by atoms with Crippen molar-refractivity contribution in [3.8, 4) is 0 Å². The van der Waals surface area contributed by atoms with Gasteiger partial charge in [-0.3, -0.25) is 0 Å². The van der Waals surface area contributed by atoms with Gasteiger partial charge in [0.1, 0.15) is 0 Å². The van der Waals surface area contributed by atoms with Gasteiger partial charge in [-0.05, 0) is 32.4 Å². The van der Waals surface area contributed by atoms with Crippen LogP contribution in [0.15, 0.2) is 24.3 Å². The van der Waals surface area contributed by atoms with Crippen molar-refractivity contribution in [2.24, 2.45) is 0 Å². The number of hydrogen-bond acceptors (Lipinski definition) is 5. The van der Waals surface area contributed by atoms with E-state index < -0.39 is 0 Å². The van der Waals surface area contributed by atoms with Crippen LogP contribution in [-0.2, 0) is 4.74 Å². The molecule has 0 aliphatic rings. The van der Waals surface area contributed by atoms with Gasteiger partial charge in [-0.1, -0.05) is 18.2 Å². The number of anilines is 2. The smallest absolute Gasteiger partial charge is 0.358 e. The fourth-order valence-corrected chi connectivity index (χ4v) is 2.48. The predicted molar refractivity (Wildman–Crippen MR) is 77.3 cm³/mol. The second kappa shape index (κ2) is 5.84. The molecule has 0 radical (unpaired) electrons. The molecule has 0 atom stereocenters. The Morgan fingerprint density at radius 2 is 2.11 bits per heavy atom. The number of rotatable bonds is 4. The summed E-state index contributed by atoms with van der Waals surface area (Å²) in [4.78, 5) is 16.8. The van der Waals surface area contributed by atoms with Crippen LogP contribution in [0.25, 0.3) is 0 Å². The molecule has 0 aliphatic carbocycles. The molecule has 5 heteroatoms. The van der Waals surface area contributed by atoms with Crippen molar-refractivity contribution in [1.29, 1.82) is 0 Å². The molecule has 0 spiro atoms. The molecule has 0 aliphatic heterocycles. The van der Waals surface area contributed by atoms with Crippen molar-refractivity contribution in [3.05, 3.63) is 40.4 Å². The van der Waals surface area contributed by atoms with Crippen LogP contribution >= 0.6 is 11.3 Å². The van der Waals surface area contributed by atoms with Crippen LogP contribution in [0.3, 0.4) is 0 Å². The summed E-state index contributed by atoms with van der Waals surface area (Å²) >= 11 is 1.45. The third-order valence-corrected chi connectivity index (χ3v) is 3.54.